The third kappa shape index (κ3) is 4.37. The summed E-state index contributed by atoms with van der Waals surface area (Å²) in [5.41, 5.74) is 2.39. The van der Waals surface area contributed by atoms with Crippen LogP contribution in [0.1, 0.15) is 28.9 Å². The fourth-order valence-electron chi connectivity index (χ4n) is 4.28. The molecule has 0 aliphatic carbocycles. The number of rotatable bonds is 5. The van der Waals surface area contributed by atoms with Gasteiger partial charge in [-0.2, -0.15) is 4.98 Å². The summed E-state index contributed by atoms with van der Waals surface area (Å²) in [4.78, 5) is 26.4. The highest BCUT2D eigenvalue weighted by Crippen LogP contribution is 2.28. The van der Waals surface area contributed by atoms with E-state index in [0.717, 1.165) is 16.7 Å². The summed E-state index contributed by atoms with van der Waals surface area (Å²) >= 11 is 0. The van der Waals surface area contributed by atoms with E-state index in [0.29, 0.717) is 37.7 Å². The number of phenols is 1. The summed E-state index contributed by atoms with van der Waals surface area (Å²) in [5, 5.41) is 14.6. The van der Waals surface area contributed by atoms with Gasteiger partial charge in [-0.25, -0.2) is 4.98 Å². The first-order valence-corrected chi connectivity index (χ1v) is 11.5. The van der Waals surface area contributed by atoms with Gasteiger partial charge in [0.05, 0.1) is 11.1 Å². The van der Waals surface area contributed by atoms with Crippen LogP contribution in [-0.4, -0.2) is 52.1 Å². The van der Waals surface area contributed by atoms with Gasteiger partial charge in [-0.15, -0.1) is 0 Å². The van der Waals surface area contributed by atoms with E-state index in [9.17, 15) is 9.90 Å². The van der Waals surface area contributed by atoms with Gasteiger partial charge in [0.1, 0.15) is 11.6 Å². The molecule has 2 heterocycles. The van der Waals surface area contributed by atoms with Crippen molar-refractivity contribution < 1.29 is 9.90 Å². The molecule has 2 N–H and O–H groups in total. The van der Waals surface area contributed by atoms with Gasteiger partial charge in [-0.3, -0.25) is 4.79 Å². The predicted octanol–water partition coefficient (Wildman–Crippen LogP) is 4.47. The van der Waals surface area contributed by atoms with Crippen LogP contribution in [0.2, 0.25) is 0 Å². The normalized spacial score (nSPS) is 14.7. The van der Waals surface area contributed by atoms with Gasteiger partial charge in [0.25, 0.3) is 5.91 Å². The minimum atomic E-state index is -0.156. The SMILES string of the molecule is CC(Nc1nc(N2CCN(C(=O)c3ccccc3O)CC2)nc2ccccc12)c1ccccc1. The van der Waals surface area contributed by atoms with Gasteiger partial charge >= 0.3 is 0 Å². The molecule has 1 atom stereocenters. The molecule has 5 rings (SSSR count). The van der Waals surface area contributed by atoms with Crippen LogP contribution in [0.3, 0.4) is 0 Å². The number of hydrogen-bond acceptors (Lipinski definition) is 6. The fourth-order valence-corrected chi connectivity index (χ4v) is 4.28. The third-order valence-electron chi connectivity index (χ3n) is 6.23. The minimum Gasteiger partial charge on any atom is -0.507 e. The number of carbonyl (C=O) groups excluding carboxylic acids is 1. The average Bonchev–Trinajstić information content (AvgIpc) is 2.89. The lowest BCUT2D eigenvalue weighted by Crippen LogP contribution is -2.49. The molecular formula is C27H27N5O2. The van der Waals surface area contributed by atoms with Crippen LogP contribution in [0.25, 0.3) is 10.9 Å². The number of piperazine rings is 1. The number of benzene rings is 3. The molecule has 1 fully saturated rings. The maximum Gasteiger partial charge on any atom is 0.257 e. The van der Waals surface area contributed by atoms with Crippen LogP contribution in [0, 0.1) is 0 Å². The highest BCUT2D eigenvalue weighted by Gasteiger charge is 2.25. The first kappa shape index (κ1) is 21.7. The van der Waals surface area contributed by atoms with Crippen molar-refractivity contribution in [3.8, 4) is 5.75 Å². The number of nitrogens with zero attached hydrogens (tertiary/aromatic N) is 4. The number of carbonyl (C=O) groups is 1. The number of hydrogen-bond donors (Lipinski definition) is 2. The van der Waals surface area contributed by atoms with Crippen molar-refractivity contribution in [2.24, 2.45) is 0 Å². The number of para-hydroxylation sites is 2. The number of anilines is 2. The van der Waals surface area contributed by atoms with Gasteiger partial charge in [-0.05, 0) is 36.8 Å². The van der Waals surface area contributed by atoms with E-state index in [1.807, 2.05) is 42.5 Å². The minimum absolute atomic E-state index is 0.0102. The van der Waals surface area contributed by atoms with Gasteiger partial charge in [0.15, 0.2) is 0 Å². The molecule has 7 nitrogen and oxygen atoms in total. The second-order valence-electron chi connectivity index (χ2n) is 8.46. The van der Waals surface area contributed by atoms with Gasteiger partial charge < -0.3 is 20.2 Å². The molecular weight excluding hydrogens is 426 g/mol. The zero-order chi connectivity index (χ0) is 23.5. The lowest BCUT2D eigenvalue weighted by atomic mass is 10.1. The van der Waals surface area contributed by atoms with Crippen molar-refractivity contribution in [3.05, 3.63) is 90.0 Å². The Morgan fingerprint density at radius 3 is 2.32 bits per heavy atom. The van der Waals surface area contributed by atoms with E-state index in [2.05, 4.69) is 29.3 Å². The maximum absolute atomic E-state index is 12.9. The Morgan fingerprint density at radius 1 is 0.882 bits per heavy atom. The maximum atomic E-state index is 12.9. The summed E-state index contributed by atoms with van der Waals surface area (Å²) in [6, 6.07) is 25.0. The van der Waals surface area contributed by atoms with Crippen molar-refractivity contribution in [3.63, 3.8) is 0 Å². The number of nitrogens with one attached hydrogen (secondary N) is 1. The second kappa shape index (κ2) is 9.39. The zero-order valence-corrected chi connectivity index (χ0v) is 19.1. The first-order chi connectivity index (χ1) is 16.6. The standard InChI is InChI=1S/C27H27N5O2/c1-19(20-9-3-2-4-10-20)28-25-21-11-5-7-13-23(21)29-27(30-25)32-17-15-31(16-18-32)26(34)22-12-6-8-14-24(22)33/h2-14,19,33H,15-18H2,1H3,(H,28,29,30). The summed E-state index contributed by atoms with van der Waals surface area (Å²) in [7, 11) is 0. The molecule has 34 heavy (non-hydrogen) atoms. The van der Waals surface area contributed by atoms with Crippen molar-refractivity contribution in [2.75, 3.05) is 36.4 Å². The van der Waals surface area contributed by atoms with E-state index < -0.39 is 0 Å². The van der Waals surface area contributed by atoms with Crippen LogP contribution in [-0.2, 0) is 0 Å². The lowest BCUT2D eigenvalue weighted by Gasteiger charge is -2.35. The molecule has 7 heteroatoms. The second-order valence-corrected chi connectivity index (χ2v) is 8.46. The molecule has 172 valence electrons. The smallest absolute Gasteiger partial charge is 0.257 e. The Hall–Kier alpha value is -4.13. The Balaban J connectivity index is 1.36. The molecule has 1 amide bonds. The monoisotopic (exact) mass is 453 g/mol. The molecule has 1 saturated heterocycles. The van der Waals surface area contributed by atoms with Crippen LogP contribution < -0.4 is 10.2 Å². The highest BCUT2D eigenvalue weighted by molar-refractivity contribution is 5.97. The number of aromatic nitrogens is 2. The van der Waals surface area contributed by atoms with Gasteiger partial charge in [0.2, 0.25) is 5.95 Å². The van der Waals surface area contributed by atoms with Crippen LogP contribution in [0.4, 0.5) is 11.8 Å². The molecule has 1 aromatic heterocycles. The van der Waals surface area contributed by atoms with Crippen LogP contribution >= 0.6 is 0 Å². The summed E-state index contributed by atoms with van der Waals surface area (Å²) in [6.07, 6.45) is 0. The molecule has 1 unspecified atom stereocenters. The van der Waals surface area contributed by atoms with Crippen molar-refractivity contribution in [1.29, 1.82) is 0 Å². The molecule has 4 aromatic rings. The summed E-state index contributed by atoms with van der Waals surface area (Å²) < 4.78 is 0. The molecule has 0 spiro atoms. The Kier molecular flexibility index (Phi) is 5.99. The molecule has 1 aliphatic heterocycles. The van der Waals surface area contributed by atoms with E-state index in [-0.39, 0.29) is 17.7 Å². The van der Waals surface area contributed by atoms with Gasteiger partial charge in [0, 0.05) is 37.6 Å². The summed E-state index contributed by atoms with van der Waals surface area (Å²) in [5.74, 6) is 1.30. The first-order valence-electron chi connectivity index (χ1n) is 11.5. The number of amides is 1. The highest BCUT2D eigenvalue weighted by atomic mass is 16.3. The molecule has 0 saturated carbocycles. The Bertz CT molecular complexity index is 1300. The predicted molar refractivity (Wildman–Crippen MR) is 134 cm³/mol. The fraction of sp³-hybridized carbons (Fsp3) is 0.222. The van der Waals surface area contributed by atoms with Crippen molar-refractivity contribution >= 4 is 28.6 Å². The quantitative estimate of drug-likeness (QED) is 0.464. The zero-order valence-electron chi connectivity index (χ0n) is 19.1. The number of fused-ring (bicyclic) bond motifs is 1. The van der Waals surface area contributed by atoms with E-state index in [1.165, 1.54) is 11.6 Å². The van der Waals surface area contributed by atoms with Crippen molar-refractivity contribution in [1.82, 2.24) is 14.9 Å². The van der Waals surface area contributed by atoms with Crippen LogP contribution in [0.15, 0.2) is 78.9 Å². The largest absolute Gasteiger partial charge is 0.507 e. The molecule has 3 aromatic carbocycles. The molecule has 0 bridgehead atoms. The topological polar surface area (TPSA) is 81.6 Å². The Labute approximate surface area is 198 Å². The van der Waals surface area contributed by atoms with E-state index in [4.69, 9.17) is 9.97 Å². The number of aromatic hydroxyl groups is 1. The summed E-state index contributed by atoms with van der Waals surface area (Å²) in [6.45, 7) is 4.42. The van der Waals surface area contributed by atoms with E-state index in [1.54, 1.807) is 23.1 Å². The average molecular weight is 454 g/mol. The Morgan fingerprint density at radius 2 is 1.56 bits per heavy atom. The van der Waals surface area contributed by atoms with Crippen LogP contribution in [0.5, 0.6) is 5.75 Å². The third-order valence-corrected chi connectivity index (χ3v) is 6.23. The lowest BCUT2D eigenvalue weighted by molar-refractivity contribution is 0.0743. The van der Waals surface area contributed by atoms with Gasteiger partial charge in [-0.1, -0.05) is 54.6 Å². The molecule has 1 aliphatic rings. The van der Waals surface area contributed by atoms with Crippen molar-refractivity contribution in [2.45, 2.75) is 13.0 Å². The molecule has 0 radical (unpaired) electrons. The number of phenolic OH excluding ortho intramolecular Hbond substituents is 1. The van der Waals surface area contributed by atoms with E-state index >= 15 is 0 Å².